The lowest BCUT2D eigenvalue weighted by atomic mass is 9.98. The molecule has 0 atom stereocenters. The van der Waals surface area contributed by atoms with Crippen molar-refractivity contribution in [3.63, 3.8) is 0 Å². The fourth-order valence-electron chi connectivity index (χ4n) is 3.60. The third-order valence-electron chi connectivity index (χ3n) is 5.53. The zero-order chi connectivity index (χ0) is 23.1. The minimum Gasteiger partial charge on any atom is -0.386 e. The highest BCUT2D eigenvalue weighted by Crippen LogP contribution is 2.31. The summed E-state index contributed by atoms with van der Waals surface area (Å²) in [6.07, 6.45) is 3.39. The monoisotopic (exact) mass is 450 g/mol. The van der Waals surface area contributed by atoms with Crippen LogP contribution >= 0.6 is 0 Å². The average Bonchev–Trinajstić information content (AvgIpc) is 3.17. The first kappa shape index (κ1) is 22.1. The van der Waals surface area contributed by atoms with E-state index in [2.05, 4.69) is 15.1 Å². The Hall–Kier alpha value is -3.10. The predicted octanol–water partition coefficient (Wildman–Crippen LogP) is 4.20. The molecule has 0 bridgehead atoms. The van der Waals surface area contributed by atoms with E-state index in [1.54, 1.807) is 57.4 Å². The molecule has 3 aromatic heterocycles. The Morgan fingerprint density at radius 3 is 2.41 bits per heavy atom. The van der Waals surface area contributed by atoms with Crippen molar-refractivity contribution in [2.24, 2.45) is 0 Å². The van der Waals surface area contributed by atoms with Crippen molar-refractivity contribution in [2.75, 3.05) is 5.75 Å². The number of hydrogen-bond donors (Lipinski definition) is 1. The standard InChI is InChI=1S/C24H26N4O3S/c1-5-28-22-10-8-18(32(30,31)6-2)14-19(22)23(27-28)20-9-7-16(15-26-20)21-13-17(11-12-25-21)24(3,4)29/h7-15,29H,5-6H2,1-4H3. The van der Waals surface area contributed by atoms with Gasteiger partial charge in [0.2, 0.25) is 0 Å². The van der Waals surface area contributed by atoms with Gasteiger partial charge in [-0.3, -0.25) is 14.6 Å². The maximum absolute atomic E-state index is 12.4. The maximum atomic E-state index is 12.4. The molecule has 3 heterocycles. The molecule has 0 aliphatic heterocycles. The Labute approximate surface area is 187 Å². The second-order valence-electron chi connectivity index (χ2n) is 8.17. The van der Waals surface area contributed by atoms with Gasteiger partial charge in [0.15, 0.2) is 9.84 Å². The number of benzene rings is 1. The molecule has 32 heavy (non-hydrogen) atoms. The molecule has 1 aromatic carbocycles. The molecule has 0 spiro atoms. The van der Waals surface area contributed by atoms with Gasteiger partial charge in [-0.15, -0.1) is 0 Å². The Bertz CT molecular complexity index is 1390. The van der Waals surface area contributed by atoms with E-state index in [1.807, 2.05) is 29.8 Å². The van der Waals surface area contributed by atoms with Crippen LogP contribution in [0, 0.1) is 0 Å². The number of fused-ring (bicyclic) bond motifs is 1. The molecule has 4 aromatic rings. The molecule has 8 heteroatoms. The van der Waals surface area contributed by atoms with Gasteiger partial charge in [-0.2, -0.15) is 5.10 Å². The summed E-state index contributed by atoms with van der Waals surface area (Å²) in [7, 11) is -3.33. The summed E-state index contributed by atoms with van der Waals surface area (Å²) in [5, 5.41) is 15.7. The lowest BCUT2D eigenvalue weighted by molar-refractivity contribution is 0.0785. The first-order valence-electron chi connectivity index (χ1n) is 10.5. The third-order valence-corrected chi connectivity index (χ3v) is 7.26. The van der Waals surface area contributed by atoms with Gasteiger partial charge in [-0.05, 0) is 68.8 Å². The lowest BCUT2D eigenvalue weighted by Crippen LogP contribution is -2.15. The van der Waals surface area contributed by atoms with Crippen LogP contribution in [0.1, 0.15) is 33.3 Å². The molecule has 0 unspecified atom stereocenters. The molecule has 0 saturated heterocycles. The van der Waals surface area contributed by atoms with E-state index in [0.29, 0.717) is 23.6 Å². The van der Waals surface area contributed by atoms with E-state index in [9.17, 15) is 13.5 Å². The second kappa shape index (κ2) is 8.11. The van der Waals surface area contributed by atoms with Crippen LogP contribution in [0.5, 0.6) is 0 Å². The SMILES string of the molecule is CCn1nc(-c2ccc(-c3cc(C(C)(C)O)ccn3)cn2)c2cc(S(=O)(=O)CC)ccc21. The van der Waals surface area contributed by atoms with Crippen molar-refractivity contribution in [1.82, 2.24) is 19.7 Å². The largest absolute Gasteiger partial charge is 0.386 e. The normalized spacial score (nSPS) is 12.4. The van der Waals surface area contributed by atoms with E-state index in [4.69, 9.17) is 0 Å². The summed E-state index contributed by atoms with van der Waals surface area (Å²) in [4.78, 5) is 9.29. The van der Waals surface area contributed by atoms with Crippen LogP contribution in [0.2, 0.25) is 0 Å². The van der Waals surface area contributed by atoms with Gasteiger partial charge in [0.25, 0.3) is 0 Å². The minimum atomic E-state index is -3.33. The number of aliphatic hydroxyl groups is 1. The fraction of sp³-hybridized carbons (Fsp3) is 0.292. The molecule has 0 aliphatic rings. The summed E-state index contributed by atoms with van der Waals surface area (Å²) >= 11 is 0. The van der Waals surface area contributed by atoms with Crippen LogP contribution in [-0.4, -0.2) is 39.0 Å². The Morgan fingerprint density at radius 2 is 1.78 bits per heavy atom. The molecule has 0 amide bonds. The predicted molar refractivity (Wildman–Crippen MR) is 125 cm³/mol. The number of pyridine rings is 2. The third kappa shape index (κ3) is 4.03. The number of rotatable bonds is 6. The fourth-order valence-corrected chi connectivity index (χ4v) is 4.51. The molecular formula is C24H26N4O3S. The summed E-state index contributed by atoms with van der Waals surface area (Å²) in [6, 6.07) is 12.5. The lowest BCUT2D eigenvalue weighted by Gasteiger charge is -2.18. The number of aryl methyl sites for hydroxylation is 1. The zero-order valence-corrected chi connectivity index (χ0v) is 19.4. The van der Waals surface area contributed by atoms with E-state index >= 15 is 0 Å². The molecule has 0 radical (unpaired) electrons. The topological polar surface area (TPSA) is 98.0 Å². The Morgan fingerprint density at radius 1 is 1.00 bits per heavy atom. The van der Waals surface area contributed by atoms with Crippen molar-refractivity contribution < 1.29 is 13.5 Å². The van der Waals surface area contributed by atoms with Crippen molar-refractivity contribution in [3.05, 3.63) is 60.4 Å². The smallest absolute Gasteiger partial charge is 0.178 e. The molecule has 166 valence electrons. The molecular weight excluding hydrogens is 424 g/mol. The quantitative estimate of drug-likeness (QED) is 0.473. The highest BCUT2D eigenvalue weighted by atomic mass is 32.2. The van der Waals surface area contributed by atoms with Crippen LogP contribution in [0.4, 0.5) is 0 Å². The summed E-state index contributed by atoms with van der Waals surface area (Å²) in [5.41, 5.74) is 3.48. The highest BCUT2D eigenvalue weighted by molar-refractivity contribution is 7.91. The number of sulfone groups is 1. The van der Waals surface area contributed by atoms with Gasteiger partial charge in [0.05, 0.1) is 33.2 Å². The first-order chi connectivity index (χ1) is 15.1. The van der Waals surface area contributed by atoms with Crippen molar-refractivity contribution in [3.8, 4) is 22.6 Å². The van der Waals surface area contributed by atoms with Crippen LogP contribution in [0.25, 0.3) is 33.5 Å². The van der Waals surface area contributed by atoms with E-state index < -0.39 is 15.4 Å². The van der Waals surface area contributed by atoms with E-state index in [-0.39, 0.29) is 10.6 Å². The maximum Gasteiger partial charge on any atom is 0.178 e. The van der Waals surface area contributed by atoms with Crippen LogP contribution in [0.3, 0.4) is 0 Å². The number of nitrogens with zero attached hydrogens (tertiary/aromatic N) is 4. The number of aromatic nitrogens is 4. The van der Waals surface area contributed by atoms with Gasteiger partial charge in [0.1, 0.15) is 5.69 Å². The number of hydrogen-bond acceptors (Lipinski definition) is 6. The molecule has 1 N–H and O–H groups in total. The second-order valence-corrected chi connectivity index (χ2v) is 10.4. The minimum absolute atomic E-state index is 0.0411. The van der Waals surface area contributed by atoms with Crippen LogP contribution in [0.15, 0.2) is 59.8 Å². The van der Waals surface area contributed by atoms with Gasteiger partial charge in [0, 0.05) is 29.9 Å². The van der Waals surface area contributed by atoms with Crippen LogP contribution in [-0.2, 0) is 22.0 Å². The average molecular weight is 451 g/mol. The van der Waals surface area contributed by atoms with Crippen molar-refractivity contribution in [1.29, 1.82) is 0 Å². The molecule has 4 rings (SSSR count). The summed E-state index contributed by atoms with van der Waals surface area (Å²) < 4.78 is 26.6. The van der Waals surface area contributed by atoms with Gasteiger partial charge in [-0.25, -0.2) is 8.42 Å². The van der Waals surface area contributed by atoms with Crippen molar-refractivity contribution >= 4 is 20.7 Å². The van der Waals surface area contributed by atoms with Gasteiger partial charge >= 0.3 is 0 Å². The van der Waals surface area contributed by atoms with Crippen LogP contribution < -0.4 is 0 Å². The summed E-state index contributed by atoms with van der Waals surface area (Å²) in [5.74, 6) is 0.0411. The Balaban J connectivity index is 1.79. The first-order valence-corrected chi connectivity index (χ1v) is 12.2. The van der Waals surface area contributed by atoms with Crippen molar-refractivity contribution in [2.45, 2.75) is 44.7 Å². The molecule has 7 nitrogen and oxygen atoms in total. The van der Waals surface area contributed by atoms with Gasteiger partial charge in [-0.1, -0.05) is 6.92 Å². The van der Waals surface area contributed by atoms with E-state index in [0.717, 1.165) is 22.0 Å². The molecule has 0 aliphatic carbocycles. The van der Waals surface area contributed by atoms with E-state index in [1.165, 1.54) is 0 Å². The Kier molecular flexibility index (Phi) is 5.60. The highest BCUT2D eigenvalue weighted by Gasteiger charge is 2.19. The molecule has 0 saturated carbocycles. The zero-order valence-electron chi connectivity index (χ0n) is 18.6. The summed E-state index contributed by atoms with van der Waals surface area (Å²) in [6.45, 7) is 7.75. The van der Waals surface area contributed by atoms with Gasteiger partial charge < -0.3 is 5.11 Å². The molecule has 0 fully saturated rings.